The number of aryl methyl sites for hydroxylation is 1. The highest BCUT2D eigenvalue weighted by atomic mass is 32.1. The maximum absolute atomic E-state index is 14.0. The van der Waals surface area contributed by atoms with Crippen LogP contribution in [0.1, 0.15) is 23.6 Å². The number of hydrogen-bond acceptors (Lipinski definition) is 3. The summed E-state index contributed by atoms with van der Waals surface area (Å²) < 4.78 is 64.1. The smallest absolute Gasteiger partial charge is 0.416 e. The normalized spacial score (nSPS) is 11.2. The molecule has 0 aliphatic heterocycles. The summed E-state index contributed by atoms with van der Waals surface area (Å²) in [6.07, 6.45) is -3.97. The summed E-state index contributed by atoms with van der Waals surface area (Å²) in [5.74, 6) is -0.754. The Bertz CT molecular complexity index is 793. The highest BCUT2D eigenvalue weighted by molar-refractivity contribution is 7.80. The fraction of sp³-hybridized carbons (Fsp3) is 0.278. The third kappa shape index (κ3) is 4.85. The summed E-state index contributed by atoms with van der Waals surface area (Å²) in [6, 6.07) is 7.93. The molecule has 140 valence electrons. The first-order valence-electron chi connectivity index (χ1n) is 7.71. The van der Waals surface area contributed by atoms with E-state index in [1.54, 1.807) is 6.07 Å². The van der Waals surface area contributed by atoms with Crippen molar-refractivity contribution in [3.63, 3.8) is 0 Å². The molecule has 0 atom stereocenters. The maximum Gasteiger partial charge on any atom is 0.416 e. The minimum atomic E-state index is -4.60. The third-order valence-corrected chi connectivity index (χ3v) is 3.95. The Kier molecular flexibility index (Phi) is 6.42. The van der Waals surface area contributed by atoms with Crippen molar-refractivity contribution in [3.8, 4) is 5.75 Å². The largest absolute Gasteiger partial charge is 0.486 e. The second-order valence-electron chi connectivity index (χ2n) is 5.35. The van der Waals surface area contributed by atoms with Gasteiger partial charge in [0.25, 0.3) is 5.17 Å². The quantitative estimate of drug-likeness (QED) is 0.555. The number of halogens is 4. The highest BCUT2D eigenvalue weighted by Gasteiger charge is 2.34. The van der Waals surface area contributed by atoms with Gasteiger partial charge in [-0.25, -0.2) is 4.39 Å². The first-order valence-corrected chi connectivity index (χ1v) is 8.12. The summed E-state index contributed by atoms with van der Waals surface area (Å²) in [5, 5.41) is 2.48. The number of anilines is 1. The van der Waals surface area contributed by atoms with Crippen molar-refractivity contribution in [2.24, 2.45) is 0 Å². The molecule has 0 aliphatic rings. The van der Waals surface area contributed by atoms with Crippen molar-refractivity contribution < 1.29 is 27.0 Å². The molecule has 0 unspecified atom stereocenters. The summed E-state index contributed by atoms with van der Waals surface area (Å²) in [5.41, 5.74) is -0.249. The SMILES string of the molecule is CCc1ccc(OCc2c(NC(=S)OC)cccc2C(F)(F)F)c(F)c1. The van der Waals surface area contributed by atoms with Crippen molar-refractivity contribution in [1.29, 1.82) is 0 Å². The lowest BCUT2D eigenvalue weighted by atomic mass is 10.1. The molecule has 0 aromatic heterocycles. The Morgan fingerprint density at radius 3 is 2.50 bits per heavy atom. The van der Waals surface area contributed by atoms with Crippen molar-refractivity contribution in [2.45, 2.75) is 26.1 Å². The van der Waals surface area contributed by atoms with Gasteiger partial charge in [0.15, 0.2) is 11.6 Å². The van der Waals surface area contributed by atoms with Gasteiger partial charge in [-0.05, 0) is 48.5 Å². The van der Waals surface area contributed by atoms with Crippen molar-refractivity contribution in [2.75, 3.05) is 12.4 Å². The Morgan fingerprint density at radius 1 is 1.19 bits per heavy atom. The lowest BCUT2D eigenvalue weighted by molar-refractivity contribution is -0.138. The van der Waals surface area contributed by atoms with Crippen LogP contribution in [0.5, 0.6) is 5.75 Å². The Balaban J connectivity index is 2.35. The molecule has 0 radical (unpaired) electrons. The number of ether oxygens (including phenoxy) is 2. The van der Waals surface area contributed by atoms with Crippen molar-refractivity contribution in [1.82, 2.24) is 0 Å². The lowest BCUT2D eigenvalue weighted by Gasteiger charge is -2.18. The lowest BCUT2D eigenvalue weighted by Crippen LogP contribution is -2.17. The van der Waals surface area contributed by atoms with E-state index in [0.29, 0.717) is 6.42 Å². The van der Waals surface area contributed by atoms with Crippen LogP contribution in [-0.4, -0.2) is 12.3 Å². The number of rotatable bonds is 5. The molecule has 8 heteroatoms. The summed E-state index contributed by atoms with van der Waals surface area (Å²) in [4.78, 5) is 0. The molecule has 0 heterocycles. The zero-order valence-corrected chi connectivity index (χ0v) is 14.9. The van der Waals surface area contributed by atoms with E-state index in [0.717, 1.165) is 11.6 Å². The van der Waals surface area contributed by atoms with E-state index in [9.17, 15) is 17.6 Å². The van der Waals surface area contributed by atoms with Crippen LogP contribution in [0.2, 0.25) is 0 Å². The van der Waals surface area contributed by atoms with Gasteiger partial charge in [0, 0.05) is 11.3 Å². The molecule has 1 N–H and O–H groups in total. The number of alkyl halides is 3. The summed E-state index contributed by atoms with van der Waals surface area (Å²) in [6.45, 7) is 1.37. The predicted octanol–water partition coefficient (Wildman–Crippen LogP) is 5.33. The summed E-state index contributed by atoms with van der Waals surface area (Å²) >= 11 is 4.84. The molecule has 2 aromatic rings. The molecule has 0 amide bonds. The fourth-order valence-electron chi connectivity index (χ4n) is 2.32. The number of benzene rings is 2. The van der Waals surface area contributed by atoms with E-state index in [4.69, 9.17) is 21.7 Å². The van der Waals surface area contributed by atoms with Gasteiger partial charge < -0.3 is 14.8 Å². The van der Waals surface area contributed by atoms with Crippen LogP contribution in [0.4, 0.5) is 23.2 Å². The second kappa shape index (κ2) is 8.35. The van der Waals surface area contributed by atoms with Gasteiger partial charge in [-0.3, -0.25) is 0 Å². The molecule has 0 saturated carbocycles. The van der Waals surface area contributed by atoms with Gasteiger partial charge in [0.05, 0.1) is 12.7 Å². The standard InChI is InChI=1S/C18H17F4NO2S/c1-3-11-7-8-16(14(19)9-11)25-10-12-13(18(20,21)22)5-4-6-15(12)23-17(26)24-2/h4-9H,3,10H2,1-2H3,(H,23,26). The molecule has 2 aromatic carbocycles. The number of thiocarbonyl (C=S) groups is 1. The number of nitrogens with one attached hydrogen (secondary N) is 1. The van der Waals surface area contributed by atoms with Gasteiger partial charge in [0.2, 0.25) is 0 Å². The maximum atomic E-state index is 14.0. The molecule has 2 rings (SSSR count). The minimum absolute atomic E-state index is 0.0808. The van der Waals surface area contributed by atoms with E-state index in [1.807, 2.05) is 6.92 Å². The first-order chi connectivity index (χ1) is 12.3. The average molecular weight is 387 g/mol. The fourth-order valence-corrected chi connectivity index (χ4v) is 2.43. The zero-order chi connectivity index (χ0) is 19.3. The van der Waals surface area contributed by atoms with E-state index in [-0.39, 0.29) is 22.2 Å². The minimum Gasteiger partial charge on any atom is -0.486 e. The van der Waals surface area contributed by atoms with E-state index < -0.39 is 24.2 Å². The zero-order valence-electron chi connectivity index (χ0n) is 14.1. The Hall–Kier alpha value is -2.35. The molecular weight excluding hydrogens is 370 g/mol. The average Bonchev–Trinajstić information content (AvgIpc) is 2.60. The van der Waals surface area contributed by atoms with E-state index in [2.05, 4.69) is 5.32 Å². The molecule has 0 fully saturated rings. The van der Waals surface area contributed by atoms with Gasteiger partial charge >= 0.3 is 6.18 Å². The Morgan fingerprint density at radius 2 is 1.92 bits per heavy atom. The van der Waals surface area contributed by atoms with E-state index in [1.165, 1.54) is 31.4 Å². The first kappa shape index (κ1) is 20.0. The van der Waals surface area contributed by atoms with Gasteiger partial charge in [-0.15, -0.1) is 0 Å². The Labute approximate surface area is 153 Å². The van der Waals surface area contributed by atoms with Gasteiger partial charge in [-0.2, -0.15) is 13.2 Å². The topological polar surface area (TPSA) is 30.5 Å². The molecule has 0 saturated heterocycles. The molecule has 0 spiro atoms. The number of methoxy groups -OCH3 is 1. The second-order valence-corrected chi connectivity index (χ2v) is 5.72. The highest BCUT2D eigenvalue weighted by Crippen LogP contribution is 2.36. The van der Waals surface area contributed by atoms with Gasteiger partial charge in [0.1, 0.15) is 6.61 Å². The van der Waals surface area contributed by atoms with Crippen LogP contribution in [0.15, 0.2) is 36.4 Å². The number of hydrogen-bond donors (Lipinski definition) is 1. The molecule has 3 nitrogen and oxygen atoms in total. The van der Waals surface area contributed by atoms with E-state index >= 15 is 0 Å². The molecular formula is C18H17F4NO2S. The van der Waals surface area contributed by atoms with Crippen LogP contribution >= 0.6 is 12.2 Å². The van der Waals surface area contributed by atoms with Gasteiger partial charge in [-0.1, -0.05) is 19.1 Å². The predicted molar refractivity (Wildman–Crippen MR) is 94.8 cm³/mol. The molecule has 0 aliphatic carbocycles. The monoisotopic (exact) mass is 387 g/mol. The van der Waals surface area contributed by atoms with Crippen molar-refractivity contribution in [3.05, 3.63) is 58.9 Å². The van der Waals surface area contributed by atoms with Crippen LogP contribution < -0.4 is 10.1 Å². The molecule has 0 bridgehead atoms. The van der Waals surface area contributed by atoms with Crippen molar-refractivity contribution >= 4 is 23.1 Å². The molecule has 26 heavy (non-hydrogen) atoms. The third-order valence-electron chi connectivity index (χ3n) is 3.68. The van der Waals surface area contributed by atoms with Crippen LogP contribution in [0.3, 0.4) is 0 Å². The summed E-state index contributed by atoms with van der Waals surface area (Å²) in [7, 11) is 1.30. The van der Waals surface area contributed by atoms with Crippen LogP contribution in [0, 0.1) is 5.82 Å². The van der Waals surface area contributed by atoms with Crippen LogP contribution in [0.25, 0.3) is 0 Å². The van der Waals surface area contributed by atoms with Crippen LogP contribution in [-0.2, 0) is 23.9 Å².